The Hall–Kier alpha value is -1.50. The number of anilines is 1. The van der Waals surface area contributed by atoms with Gasteiger partial charge >= 0.3 is 12.0 Å². The number of carboxylic acid groups (broad SMARTS) is 1. The van der Waals surface area contributed by atoms with E-state index in [-0.39, 0.29) is 21.3 Å². The molecule has 0 saturated carbocycles. The second kappa shape index (κ2) is 8.07. The molecule has 116 valence electrons. The Balaban J connectivity index is 2.62. The lowest BCUT2D eigenvalue weighted by molar-refractivity contribution is 0.0697. The molecule has 0 bridgehead atoms. The molecule has 0 radical (unpaired) electrons. The van der Waals surface area contributed by atoms with Crippen LogP contribution in [0.1, 0.15) is 16.8 Å². The van der Waals surface area contributed by atoms with E-state index in [2.05, 4.69) is 10.6 Å². The number of carboxylic acids is 1. The average Bonchev–Trinajstić information content (AvgIpc) is 2.38. The quantitative estimate of drug-likeness (QED) is 0.699. The molecule has 21 heavy (non-hydrogen) atoms. The highest BCUT2D eigenvalue weighted by molar-refractivity contribution is 6.40. The summed E-state index contributed by atoms with van der Waals surface area (Å²) in [6.45, 7) is 1.36. The maximum Gasteiger partial charge on any atom is 0.335 e. The van der Waals surface area contributed by atoms with Gasteiger partial charge in [-0.05, 0) is 39.2 Å². The van der Waals surface area contributed by atoms with Crippen molar-refractivity contribution in [1.82, 2.24) is 10.2 Å². The van der Waals surface area contributed by atoms with Crippen molar-refractivity contribution < 1.29 is 14.7 Å². The number of benzene rings is 1. The fraction of sp³-hybridized carbons (Fsp3) is 0.385. The lowest BCUT2D eigenvalue weighted by atomic mass is 10.2. The molecule has 0 aliphatic rings. The van der Waals surface area contributed by atoms with Gasteiger partial charge in [-0.2, -0.15) is 0 Å². The Kier molecular flexibility index (Phi) is 6.74. The van der Waals surface area contributed by atoms with Gasteiger partial charge in [0.1, 0.15) is 0 Å². The van der Waals surface area contributed by atoms with Gasteiger partial charge in [0.2, 0.25) is 0 Å². The van der Waals surface area contributed by atoms with Crippen molar-refractivity contribution in [3.63, 3.8) is 0 Å². The molecule has 0 aliphatic carbocycles. The molecule has 1 aromatic rings. The Bertz CT molecular complexity index is 512. The zero-order valence-electron chi connectivity index (χ0n) is 11.7. The van der Waals surface area contributed by atoms with Crippen molar-refractivity contribution in [3.05, 3.63) is 27.7 Å². The van der Waals surface area contributed by atoms with E-state index < -0.39 is 12.0 Å². The van der Waals surface area contributed by atoms with Crippen molar-refractivity contribution in [2.45, 2.75) is 6.42 Å². The maximum absolute atomic E-state index is 11.7. The number of rotatable bonds is 6. The Labute approximate surface area is 133 Å². The zero-order valence-corrected chi connectivity index (χ0v) is 13.3. The first kappa shape index (κ1) is 17.6. The standard InChI is InChI=1S/C13H17Cl2N3O3/c1-18(2)5-3-4-16-13(21)17-11-9(14)6-8(12(19)20)7-10(11)15/h6-7H,3-5H2,1-2H3,(H,19,20)(H2,16,17,21). The molecular weight excluding hydrogens is 317 g/mol. The molecule has 8 heteroatoms. The summed E-state index contributed by atoms with van der Waals surface area (Å²) in [5.41, 5.74) is 0.149. The van der Waals surface area contributed by atoms with Gasteiger partial charge in [-0.3, -0.25) is 0 Å². The molecule has 6 nitrogen and oxygen atoms in total. The van der Waals surface area contributed by atoms with Crippen LogP contribution in [0.3, 0.4) is 0 Å². The highest BCUT2D eigenvalue weighted by Crippen LogP contribution is 2.31. The Morgan fingerprint density at radius 2 is 1.81 bits per heavy atom. The number of nitrogens with zero attached hydrogens (tertiary/aromatic N) is 1. The number of carbonyl (C=O) groups is 2. The van der Waals surface area contributed by atoms with E-state index in [4.69, 9.17) is 28.3 Å². The number of amides is 2. The summed E-state index contributed by atoms with van der Waals surface area (Å²) in [6, 6.07) is 2.02. The third-order valence-corrected chi connectivity index (χ3v) is 3.19. The minimum Gasteiger partial charge on any atom is -0.478 e. The summed E-state index contributed by atoms with van der Waals surface area (Å²) in [7, 11) is 3.90. The number of aromatic carboxylic acids is 1. The summed E-state index contributed by atoms with van der Waals surface area (Å²) >= 11 is 11.9. The van der Waals surface area contributed by atoms with E-state index in [1.54, 1.807) is 0 Å². The van der Waals surface area contributed by atoms with Crippen LogP contribution in [0.15, 0.2) is 12.1 Å². The molecule has 0 fully saturated rings. The predicted molar refractivity (Wildman–Crippen MR) is 83.6 cm³/mol. The maximum atomic E-state index is 11.7. The molecule has 3 N–H and O–H groups in total. The van der Waals surface area contributed by atoms with Gasteiger partial charge in [0.15, 0.2) is 0 Å². The van der Waals surface area contributed by atoms with Crippen molar-refractivity contribution >= 4 is 40.9 Å². The summed E-state index contributed by atoms with van der Waals surface area (Å²) in [6.07, 6.45) is 0.805. The zero-order chi connectivity index (χ0) is 16.0. The van der Waals surface area contributed by atoms with Crippen LogP contribution in [0.5, 0.6) is 0 Å². The van der Waals surface area contributed by atoms with Crippen molar-refractivity contribution in [2.24, 2.45) is 0 Å². The monoisotopic (exact) mass is 333 g/mol. The normalized spacial score (nSPS) is 10.5. The molecule has 0 saturated heterocycles. The van der Waals surface area contributed by atoms with Gasteiger partial charge in [-0.1, -0.05) is 23.2 Å². The van der Waals surface area contributed by atoms with Gasteiger partial charge < -0.3 is 20.6 Å². The molecule has 0 atom stereocenters. The van der Waals surface area contributed by atoms with Crippen LogP contribution in [0, 0.1) is 0 Å². The third kappa shape index (κ3) is 5.79. The van der Waals surface area contributed by atoms with Crippen LogP contribution in [0.25, 0.3) is 0 Å². The lowest BCUT2D eigenvalue weighted by Crippen LogP contribution is -2.31. The fourth-order valence-corrected chi connectivity index (χ4v) is 2.15. The van der Waals surface area contributed by atoms with Crippen LogP contribution >= 0.6 is 23.2 Å². The van der Waals surface area contributed by atoms with Crippen molar-refractivity contribution in [3.8, 4) is 0 Å². The minimum atomic E-state index is -1.14. The molecule has 1 aromatic carbocycles. The van der Waals surface area contributed by atoms with Gasteiger partial charge in [-0.15, -0.1) is 0 Å². The fourth-order valence-electron chi connectivity index (χ4n) is 1.57. The SMILES string of the molecule is CN(C)CCCNC(=O)Nc1c(Cl)cc(C(=O)O)cc1Cl. The third-order valence-electron chi connectivity index (χ3n) is 2.60. The Morgan fingerprint density at radius 1 is 1.24 bits per heavy atom. The first-order valence-electron chi connectivity index (χ1n) is 6.23. The lowest BCUT2D eigenvalue weighted by Gasteiger charge is -2.12. The van der Waals surface area contributed by atoms with E-state index in [1.165, 1.54) is 12.1 Å². The molecule has 0 heterocycles. The average molecular weight is 334 g/mol. The largest absolute Gasteiger partial charge is 0.478 e. The van der Waals surface area contributed by atoms with Crippen LogP contribution in [-0.4, -0.2) is 49.2 Å². The highest BCUT2D eigenvalue weighted by Gasteiger charge is 2.14. The minimum absolute atomic E-state index is 0.0399. The van der Waals surface area contributed by atoms with Gasteiger partial charge in [0, 0.05) is 6.54 Å². The topological polar surface area (TPSA) is 81.7 Å². The van der Waals surface area contributed by atoms with Gasteiger partial charge in [-0.25, -0.2) is 9.59 Å². The number of nitrogens with one attached hydrogen (secondary N) is 2. The van der Waals surface area contributed by atoms with Gasteiger partial charge in [0.05, 0.1) is 21.3 Å². The van der Waals surface area contributed by atoms with Crippen LogP contribution < -0.4 is 10.6 Å². The van der Waals surface area contributed by atoms with Crippen molar-refractivity contribution in [1.29, 1.82) is 0 Å². The van der Waals surface area contributed by atoms with E-state index in [0.717, 1.165) is 13.0 Å². The number of halogens is 2. The predicted octanol–water partition coefficient (Wildman–Crippen LogP) is 2.76. The van der Waals surface area contributed by atoms with E-state index in [0.29, 0.717) is 6.54 Å². The molecule has 0 aromatic heterocycles. The van der Waals surface area contributed by atoms with E-state index >= 15 is 0 Å². The number of urea groups is 1. The van der Waals surface area contributed by atoms with Crippen LogP contribution in [0.2, 0.25) is 10.0 Å². The molecule has 0 unspecified atom stereocenters. The first-order valence-corrected chi connectivity index (χ1v) is 6.98. The first-order chi connectivity index (χ1) is 9.81. The number of hydrogen-bond acceptors (Lipinski definition) is 3. The summed E-state index contributed by atoms with van der Waals surface area (Å²) in [4.78, 5) is 24.6. The molecular formula is C13H17Cl2N3O3. The van der Waals surface area contributed by atoms with E-state index in [1.807, 2.05) is 19.0 Å². The molecule has 2 amide bonds. The second-order valence-electron chi connectivity index (χ2n) is 4.66. The number of hydrogen-bond donors (Lipinski definition) is 3. The smallest absolute Gasteiger partial charge is 0.335 e. The summed E-state index contributed by atoms with van der Waals surface area (Å²) < 4.78 is 0. The van der Waals surface area contributed by atoms with E-state index in [9.17, 15) is 9.59 Å². The van der Waals surface area contributed by atoms with Crippen LogP contribution in [0.4, 0.5) is 10.5 Å². The number of carbonyl (C=O) groups excluding carboxylic acids is 1. The van der Waals surface area contributed by atoms with Crippen LogP contribution in [-0.2, 0) is 0 Å². The highest BCUT2D eigenvalue weighted by atomic mass is 35.5. The summed E-state index contributed by atoms with van der Waals surface area (Å²) in [5, 5.41) is 14.2. The van der Waals surface area contributed by atoms with Gasteiger partial charge in [0.25, 0.3) is 0 Å². The summed E-state index contributed by atoms with van der Waals surface area (Å²) in [5.74, 6) is -1.14. The van der Waals surface area contributed by atoms with Crippen molar-refractivity contribution in [2.75, 3.05) is 32.5 Å². The molecule has 0 spiro atoms. The molecule has 1 rings (SSSR count). The Morgan fingerprint density at radius 3 is 2.29 bits per heavy atom. The molecule has 0 aliphatic heterocycles. The second-order valence-corrected chi connectivity index (χ2v) is 5.47.